The first-order valence-electron chi connectivity index (χ1n) is 12.7. The molecule has 188 valence electrons. The SMILES string of the molecule is COc1ccc([C@H](c2c(C)[nH]c3ccccc23)[C@]2(Cc3ccccc3)N=C(c3ccccc3)OC2=O)cc1. The number of aliphatic imine (C=N–C) groups is 1. The van der Waals surface area contributed by atoms with Gasteiger partial charge in [0.15, 0.2) is 5.54 Å². The number of methoxy groups -OCH3 is 1. The molecule has 0 spiro atoms. The lowest BCUT2D eigenvalue weighted by Crippen LogP contribution is -2.43. The Hall–Kier alpha value is -4.64. The number of nitrogens with one attached hydrogen (secondary N) is 1. The van der Waals surface area contributed by atoms with Crippen LogP contribution in [0.4, 0.5) is 0 Å². The van der Waals surface area contributed by atoms with Crippen LogP contribution in [0.2, 0.25) is 0 Å². The van der Waals surface area contributed by atoms with Crippen LogP contribution >= 0.6 is 0 Å². The second kappa shape index (κ2) is 9.67. The van der Waals surface area contributed by atoms with Crippen LogP contribution in [0.3, 0.4) is 0 Å². The second-order valence-electron chi connectivity index (χ2n) is 9.67. The number of cyclic esters (lactones) is 1. The molecule has 2 heterocycles. The van der Waals surface area contributed by atoms with E-state index in [9.17, 15) is 4.79 Å². The molecule has 1 aromatic heterocycles. The normalized spacial score (nSPS) is 17.7. The molecule has 6 rings (SSSR count). The Labute approximate surface area is 221 Å². The van der Waals surface area contributed by atoms with Crippen LogP contribution in [0.5, 0.6) is 5.75 Å². The van der Waals surface area contributed by atoms with Crippen LogP contribution in [-0.2, 0) is 16.0 Å². The highest BCUT2D eigenvalue weighted by Gasteiger charge is 2.54. The smallest absolute Gasteiger partial charge is 0.342 e. The summed E-state index contributed by atoms with van der Waals surface area (Å²) in [6, 6.07) is 35.8. The van der Waals surface area contributed by atoms with E-state index in [0.717, 1.165) is 44.6 Å². The van der Waals surface area contributed by atoms with Crippen molar-refractivity contribution in [1.29, 1.82) is 0 Å². The van der Waals surface area contributed by atoms with Crippen molar-refractivity contribution < 1.29 is 14.3 Å². The molecule has 0 radical (unpaired) electrons. The highest BCUT2D eigenvalue weighted by molar-refractivity contribution is 6.09. The van der Waals surface area contributed by atoms with Gasteiger partial charge in [0, 0.05) is 34.5 Å². The molecule has 5 heteroatoms. The molecule has 0 amide bonds. The number of para-hydroxylation sites is 1. The zero-order valence-corrected chi connectivity index (χ0v) is 21.3. The van der Waals surface area contributed by atoms with Gasteiger partial charge in [0.1, 0.15) is 5.75 Å². The van der Waals surface area contributed by atoms with Gasteiger partial charge >= 0.3 is 5.97 Å². The van der Waals surface area contributed by atoms with E-state index in [1.54, 1.807) is 7.11 Å². The van der Waals surface area contributed by atoms with Gasteiger partial charge in [-0.05, 0) is 53.9 Å². The predicted molar refractivity (Wildman–Crippen MR) is 150 cm³/mol. The van der Waals surface area contributed by atoms with Gasteiger partial charge in [-0.15, -0.1) is 0 Å². The third kappa shape index (κ3) is 4.06. The number of fused-ring (bicyclic) bond motifs is 1. The molecule has 0 unspecified atom stereocenters. The van der Waals surface area contributed by atoms with Crippen LogP contribution in [0, 0.1) is 6.92 Å². The first-order valence-corrected chi connectivity index (χ1v) is 12.7. The maximum Gasteiger partial charge on any atom is 0.342 e. The van der Waals surface area contributed by atoms with Crippen molar-refractivity contribution in [3.05, 3.63) is 137 Å². The summed E-state index contributed by atoms with van der Waals surface area (Å²) in [6.07, 6.45) is 0.388. The van der Waals surface area contributed by atoms with Crippen molar-refractivity contribution in [2.24, 2.45) is 4.99 Å². The summed E-state index contributed by atoms with van der Waals surface area (Å²) < 4.78 is 11.5. The molecule has 0 aliphatic carbocycles. The molecule has 38 heavy (non-hydrogen) atoms. The van der Waals surface area contributed by atoms with Crippen molar-refractivity contribution in [1.82, 2.24) is 4.98 Å². The molecule has 2 atom stereocenters. The lowest BCUT2D eigenvalue weighted by Gasteiger charge is -2.33. The summed E-state index contributed by atoms with van der Waals surface area (Å²) in [7, 11) is 1.65. The zero-order valence-electron chi connectivity index (χ0n) is 21.3. The number of H-pyrrole nitrogens is 1. The summed E-state index contributed by atoms with van der Waals surface area (Å²) in [5, 5.41) is 1.06. The maximum atomic E-state index is 14.2. The molecular weight excluding hydrogens is 472 g/mol. The fourth-order valence-corrected chi connectivity index (χ4v) is 5.58. The molecule has 5 aromatic rings. The molecular formula is C33H28N2O3. The molecule has 5 nitrogen and oxygen atoms in total. The number of esters is 1. The summed E-state index contributed by atoms with van der Waals surface area (Å²) >= 11 is 0. The highest BCUT2D eigenvalue weighted by atomic mass is 16.6. The number of ether oxygens (including phenoxy) is 2. The van der Waals surface area contributed by atoms with Crippen molar-refractivity contribution in [3.8, 4) is 5.75 Å². The van der Waals surface area contributed by atoms with Crippen LogP contribution in [-0.4, -0.2) is 29.5 Å². The number of aryl methyl sites for hydroxylation is 1. The Morgan fingerprint density at radius 2 is 1.53 bits per heavy atom. The van der Waals surface area contributed by atoms with Crippen LogP contribution in [0.25, 0.3) is 10.9 Å². The third-order valence-corrected chi connectivity index (χ3v) is 7.34. The monoisotopic (exact) mass is 500 g/mol. The van der Waals surface area contributed by atoms with Gasteiger partial charge in [0.2, 0.25) is 5.90 Å². The van der Waals surface area contributed by atoms with E-state index in [1.807, 2.05) is 97.1 Å². The Kier molecular flexibility index (Phi) is 6.04. The summed E-state index contributed by atoms with van der Waals surface area (Å²) in [5.41, 5.74) is 4.58. The van der Waals surface area contributed by atoms with E-state index >= 15 is 0 Å². The molecule has 0 fully saturated rings. The Bertz CT molecular complexity index is 1620. The zero-order chi connectivity index (χ0) is 26.1. The largest absolute Gasteiger partial charge is 0.497 e. The standard InChI is InChI=1S/C33H28N2O3/c1-22-29(27-15-9-10-16-28(27)34-22)30(24-17-19-26(37-2)20-18-24)33(21-23-11-5-3-6-12-23)32(36)38-31(35-33)25-13-7-4-8-14-25/h3-20,30,34H,21H2,1-2H3/t30-,33+/m1/s1. The maximum absolute atomic E-state index is 14.2. The van der Waals surface area contributed by atoms with Gasteiger partial charge in [-0.1, -0.05) is 78.9 Å². The lowest BCUT2D eigenvalue weighted by molar-refractivity contribution is -0.139. The fraction of sp³-hybridized carbons (Fsp3) is 0.152. The minimum absolute atomic E-state index is 0.350. The molecule has 0 saturated heterocycles. The van der Waals surface area contributed by atoms with Crippen molar-refractivity contribution >= 4 is 22.8 Å². The topological polar surface area (TPSA) is 63.7 Å². The van der Waals surface area contributed by atoms with Gasteiger partial charge in [0.25, 0.3) is 0 Å². The molecule has 0 saturated carbocycles. The Morgan fingerprint density at radius 1 is 0.868 bits per heavy atom. The Morgan fingerprint density at radius 3 is 2.24 bits per heavy atom. The first-order chi connectivity index (χ1) is 18.6. The molecule has 4 aromatic carbocycles. The number of hydrogen-bond donors (Lipinski definition) is 1. The van der Waals surface area contributed by atoms with Crippen LogP contribution in [0.15, 0.2) is 114 Å². The summed E-state index contributed by atoms with van der Waals surface area (Å²) in [5.74, 6) is 0.328. The number of benzene rings is 4. The number of nitrogens with zero attached hydrogens (tertiary/aromatic N) is 1. The minimum atomic E-state index is -1.23. The summed E-state index contributed by atoms with van der Waals surface area (Å²) in [4.78, 5) is 22.9. The minimum Gasteiger partial charge on any atom is -0.497 e. The van der Waals surface area contributed by atoms with Crippen molar-refractivity contribution in [3.63, 3.8) is 0 Å². The van der Waals surface area contributed by atoms with Gasteiger partial charge in [0.05, 0.1) is 7.11 Å². The van der Waals surface area contributed by atoms with Gasteiger partial charge in [-0.25, -0.2) is 9.79 Å². The van der Waals surface area contributed by atoms with Crippen LogP contribution in [0.1, 0.15) is 33.9 Å². The number of rotatable bonds is 7. The highest BCUT2D eigenvalue weighted by Crippen LogP contribution is 2.47. The van der Waals surface area contributed by atoms with Gasteiger partial charge in [-0.2, -0.15) is 0 Å². The summed E-state index contributed by atoms with van der Waals surface area (Å²) in [6.45, 7) is 2.06. The fourth-order valence-electron chi connectivity index (χ4n) is 5.58. The molecule has 1 aliphatic rings. The lowest BCUT2D eigenvalue weighted by atomic mass is 9.71. The number of hydrogen-bond acceptors (Lipinski definition) is 4. The number of aromatic nitrogens is 1. The third-order valence-electron chi connectivity index (χ3n) is 7.34. The average molecular weight is 501 g/mol. The number of carbonyl (C=O) groups is 1. The van der Waals surface area contributed by atoms with Crippen molar-refractivity contribution in [2.45, 2.75) is 24.8 Å². The Balaban J connectivity index is 1.64. The van der Waals surface area contributed by atoms with E-state index < -0.39 is 11.5 Å². The van der Waals surface area contributed by atoms with E-state index in [-0.39, 0.29) is 5.97 Å². The van der Waals surface area contributed by atoms with E-state index in [0.29, 0.717) is 12.3 Å². The molecule has 1 aliphatic heterocycles. The average Bonchev–Trinajstić information content (AvgIpc) is 3.46. The van der Waals surface area contributed by atoms with E-state index in [2.05, 4.69) is 24.0 Å². The molecule has 0 bridgehead atoms. The van der Waals surface area contributed by atoms with Gasteiger partial charge < -0.3 is 14.5 Å². The quantitative estimate of drug-likeness (QED) is 0.256. The number of aromatic amines is 1. The van der Waals surface area contributed by atoms with Gasteiger partial charge in [-0.3, -0.25) is 0 Å². The van der Waals surface area contributed by atoms with E-state index in [4.69, 9.17) is 14.5 Å². The molecule has 1 N–H and O–H groups in total. The predicted octanol–water partition coefficient (Wildman–Crippen LogP) is 6.60. The van der Waals surface area contributed by atoms with E-state index in [1.165, 1.54) is 0 Å². The van der Waals surface area contributed by atoms with Crippen LogP contribution < -0.4 is 4.74 Å². The first kappa shape index (κ1) is 23.7. The second-order valence-corrected chi connectivity index (χ2v) is 9.67. The van der Waals surface area contributed by atoms with Crippen molar-refractivity contribution in [2.75, 3.05) is 7.11 Å². The number of carbonyl (C=O) groups excluding carboxylic acids is 1.